The number of pyridine rings is 1. The van der Waals surface area contributed by atoms with Crippen molar-refractivity contribution in [1.29, 1.82) is 0 Å². The number of nitrogens with zero attached hydrogens (tertiary/aromatic N) is 1. The van der Waals surface area contributed by atoms with Gasteiger partial charge in [-0.15, -0.1) is 0 Å². The van der Waals surface area contributed by atoms with E-state index in [9.17, 15) is 4.39 Å². The molecule has 1 atom stereocenters. The van der Waals surface area contributed by atoms with Crippen molar-refractivity contribution in [1.82, 2.24) is 10.3 Å². The molecule has 0 radical (unpaired) electrons. The van der Waals surface area contributed by atoms with Crippen LogP contribution in [-0.2, 0) is 6.54 Å². The normalized spacial score (nSPS) is 17.8. The van der Waals surface area contributed by atoms with Gasteiger partial charge in [0, 0.05) is 18.8 Å². The highest BCUT2D eigenvalue weighted by molar-refractivity contribution is 5.07. The first-order valence-electron chi connectivity index (χ1n) is 6.01. The van der Waals surface area contributed by atoms with Gasteiger partial charge in [0.15, 0.2) is 0 Å². The van der Waals surface area contributed by atoms with Gasteiger partial charge in [-0.3, -0.25) is 4.98 Å². The molecule has 1 aromatic heterocycles. The highest BCUT2D eigenvalue weighted by atomic mass is 19.1. The van der Waals surface area contributed by atoms with Crippen LogP contribution in [0, 0.1) is 17.7 Å². The summed E-state index contributed by atoms with van der Waals surface area (Å²) in [6.45, 7) is 4.96. The first-order chi connectivity index (χ1) is 7.68. The van der Waals surface area contributed by atoms with Gasteiger partial charge in [-0.05, 0) is 36.8 Å². The average Bonchev–Trinajstić information content (AvgIpc) is 3.04. The van der Waals surface area contributed by atoms with Crippen molar-refractivity contribution in [2.75, 3.05) is 0 Å². The monoisotopic (exact) mass is 222 g/mol. The minimum atomic E-state index is -0.215. The van der Waals surface area contributed by atoms with Crippen LogP contribution in [-0.4, -0.2) is 11.0 Å². The van der Waals surface area contributed by atoms with Gasteiger partial charge in [0.25, 0.3) is 0 Å². The molecule has 0 bridgehead atoms. The first-order valence-corrected chi connectivity index (χ1v) is 6.01. The lowest BCUT2D eigenvalue weighted by Gasteiger charge is -2.22. The Balaban J connectivity index is 1.93. The van der Waals surface area contributed by atoms with E-state index in [4.69, 9.17) is 0 Å². The van der Waals surface area contributed by atoms with Crippen LogP contribution in [0.5, 0.6) is 0 Å². The van der Waals surface area contributed by atoms with Gasteiger partial charge in [0.2, 0.25) is 0 Å². The van der Waals surface area contributed by atoms with Crippen molar-refractivity contribution in [3.8, 4) is 0 Å². The van der Waals surface area contributed by atoms with Crippen molar-refractivity contribution in [3.63, 3.8) is 0 Å². The summed E-state index contributed by atoms with van der Waals surface area (Å²) >= 11 is 0. The van der Waals surface area contributed by atoms with Gasteiger partial charge >= 0.3 is 0 Å². The largest absolute Gasteiger partial charge is 0.308 e. The van der Waals surface area contributed by atoms with Crippen molar-refractivity contribution in [2.24, 2.45) is 11.8 Å². The maximum atomic E-state index is 13.4. The van der Waals surface area contributed by atoms with Crippen LogP contribution in [0.4, 0.5) is 4.39 Å². The summed E-state index contributed by atoms with van der Waals surface area (Å²) in [5.74, 6) is 1.17. The second-order valence-corrected chi connectivity index (χ2v) is 4.92. The predicted molar refractivity (Wildman–Crippen MR) is 62.4 cm³/mol. The number of aromatic nitrogens is 1. The molecular formula is C13H19FN2. The van der Waals surface area contributed by atoms with E-state index in [0.717, 1.165) is 5.92 Å². The predicted octanol–water partition coefficient (Wildman–Crippen LogP) is 2.74. The van der Waals surface area contributed by atoms with E-state index in [0.29, 0.717) is 24.2 Å². The standard InChI is InChI=1S/C13H19FN2/c1-9(2)13(10-5-6-10)16-8-12-11(14)4-3-7-15-12/h3-4,7,9-10,13,16H,5-6,8H2,1-2H3. The summed E-state index contributed by atoms with van der Waals surface area (Å²) in [5, 5.41) is 3.44. The molecule has 0 saturated heterocycles. The van der Waals surface area contributed by atoms with Crippen molar-refractivity contribution in [2.45, 2.75) is 39.3 Å². The third-order valence-corrected chi connectivity index (χ3v) is 3.19. The van der Waals surface area contributed by atoms with Crippen molar-refractivity contribution < 1.29 is 4.39 Å². The van der Waals surface area contributed by atoms with Crippen LogP contribution in [0.3, 0.4) is 0 Å². The number of hydrogen-bond donors (Lipinski definition) is 1. The smallest absolute Gasteiger partial charge is 0.146 e. The molecule has 1 saturated carbocycles. The molecule has 1 unspecified atom stereocenters. The summed E-state index contributed by atoms with van der Waals surface area (Å²) in [7, 11) is 0. The summed E-state index contributed by atoms with van der Waals surface area (Å²) < 4.78 is 13.4. The topological polar surface area (TPSA) is 24.9 Å². The van der Waals surface area contributed by atoms with E-state index >= 15 is 0 Å². The maximum absolute atomic E-state index is 13.4. The van der Waals surface area contributed by atoms with E-state index < -0.39 is 0 Å². The van der Waals surface area contributed by atoms with E-state index in [2.05, 4.69) is 24.1 Å². The molecule has 0 aliphatic heterocycles. The molecule has 16 heavy (non-hydrogen) atoms. The van der Waals surface area contributed by atoms with Crippen LogP contribution in [0.15, 0.2) is 18.3 Å². The zero-order valence-corrected chi connectivity index (χ0v) is 9.91. The molecule has 1 aliphatic carbocycles. The van der Waals surface area contributed by atoms with E-state index in [1.807, 2.05) is 0 Å². The quantitative estimate of drug-likeness (QED) is 0.828. The van der Waals surface area contributed by atoms with Gasteiger partial charge in [-0.2, -0.15) is 0 Å². The second kappa shape index (κ2) is 4.91. The fourth-order valence-electron chi connectivity index (χ4n) is 2.17. The zero-order valence-electron chi connectivity index (χ0n) is 9.91. The Labute approximate surface area is 96.3 Å². The lowest BCUT2D eigenvalue weighted by molar-refractivity contribution is 0.355. The van der Waals surface area contributed by atoms with E-state index in [1.165, 1.54) is 18.9 Å². The molecule has 1 heterocycles. The Morgan fingerprint density at radius 1 is 1.50 bits per heavy atom. The summed E-state index contributed by atoms with van der Waals surface area (Å²) in [4.78, 5) is 4.05. The van der Waals surface area contributed by atoms with Crippen LogP contribution in [0.25, 0.3) is 0 Å². The molecular weight excluding hydrogens is 203 g/mol. The minimum absolute atomic E-state index is 0.215. The molecule has 1 aliphatic rings. The first kappa shape index (κ1) is 11.5. The fourth-order valence-corrected chi connectivity index (χ4v) is 2.17. The minimum Gasteiger partial charge on any atom is -0.308 e. The fraction of sp³-hybridized carbons (Fsp3) is 0.615. The van der Waals surface area contributed by atoms with Crippen LogP contribution < -0.4 is 5.32 Å². The molecule has 88 valence electrons. The molecule has 1 N–H and O–H groups in total. The molecule has 2 nitrogen and oxygen atoms in total. The Kier molecular flexibility index (Phi) is 3.54. The van der Waals surface area contributed by atoms with Gasteiger partial charge in [-0.1, -0.05) is 13.8 Å². The number of rotatable bonds is 5. The van der Waals surface area contributed by atoms with Crippen molar-refractivity contribution in [3.05, 3.63) is 29.8 Å². The number of nitrogens with one attached hydrogen (secondary N) is 1. The lowest BCUT2D eigenvalue weighted by Crippen LogP contribution is -2.35. The van der Waals surface area contributed by atoms with Gasteiger partial charge < -0.3 is 5.32 Å². The Hall–Kier alpha value is -0.960. The van der Waals surface area contributed by atoms with Gasteiger partial charge in [-0.25, -0.2) is 4.39 Å². The van der Waals surface area contributed by atoms with Crippen LogP contribution in [0.1, 0.15) is 32.4 Å². The second-order valence-electron chi connectivity index (χ2n) is 4.92. The summed E-state index contributed by atoms with van der Waals surface area (Å²) in [6, 6.07) is 3.59. The molecule has 0 aromatic carbocycles. The van der Waals surface area contributed by atoms with E-state index in [1.54, 1.807) is 12.3 Å². The molecule has 0 spiro atoms. The molecule has 1 aromatic rings. The third kappa shape index (κ3) is 2.79. The zero-order chi connectivity index (χ0) is 11.5. The highest BCUT2D eigenvalue weighted by Gasteiger charge is 2.32. The Bertz CT molecular complexity index is 346. The molecule has 1 fully saturated rings. The van der Waals surface area contributed by atoms with Gasteiger partial charge in [0.05, 0.1) is 5.69 Å². The Morgan fingerprint density at radius 2 is 2.25 bits per heavy atom. The molecule has 0 amide bonds. The maximum Gasteiger partial charge on any atom is 0.146 e. The summed E-state index contributed by atoms with van der Waals surface area (Å²) in [6.07, 6.45) is 4.25. The van der Waals surface area contributed by atoms with Gasteiger partial charge in [0.1, 0.15) is 5.82 Å². The van der Waals surface area contributed by atoms with Crippen molar-refractivity contribution >= 4 is 0 Å². The average molecular weight is 222 g/mol. The SMILES string of the molecule is CC(C)C(NCc1ncccc1F)C1CC1. The lowest BCUT2D eigenvalue weighted by atomic mass is 9.99. The van der Waals surface area contributed by atoms with Crippen LogP contribution >= 0.6 is 0 Å². The number of halogens is 1. The molecule has 3 heteroatoms. The highest BCUT2D eigenvalue weighted by Crippen LogP contribution is 2.35. The Morgan fingerprint density at radius 3 is 2.81 bits per heavy atom. The molecule has 2 rings (SSSR count). The van der Waals surface area contributed by atoms with Crippen LogP contribution in [0.2, 0.25) is 0 Å². The number of hydrogen-bond acceptors (Lipinski definition) is 2. The van der Waals surface area contributed by atoms with E-state index in [-0.39, 0.29) is 5.82 Å². The third-order valence-electron chi connectivity index (χ3n) is 3.19. The summed E-state index contributed by atoms with van der Waals surface area (Å²) in [5.41, 5.74) is 0.522.